The van der Waals surface area contributed by atoms with E-state index in [9.17, 15) is 0 Å². The van der Waals surface area contributed by atoms with Gasteiger partial charge in [-0.2, -0.15) is 0 Å². The predicted octanol–water partition coefficient (Wildman–Crippen LogP) is 8.38. The van der Waals surface area contributed by atoms with Crippen LogP contribution < -0.4 is 0 Å². The van der Waals surface area contributed by atoms with Crippen LogP contribution in [0.1, 0.15) is 136 Å². The third-order valence-electron chi connectivity index (χ3n) is 5.90. The number of hydrogen-bond donors (Lipinski definition) is 0. The molecule has 0 amide bonds. The predicted molar refractivity (Wildman–Crippen MR) is 130 cm³/mol. The molecule has 0 atom stereocenters. The molecule has 0 saturated heterocycles. The first-order valence-corrected chi connectivity index (χ1v) is 14.8. The summed E-state index contributed by atoms with van der Waals surface area (Å²) in [5.74, 6) is 0. The molecule has 0 aromatic carbocycles. The molecular formula is C24H54Al2. The summed E-state index contributed by atoms with van der Waals surface area (Å²) in [7, 11) is 0. The minimum Gasteiger partial charge on any atom is -0.0939 e. The Hall–Kier alpha value is 1.06. The van der Waals surface area contributed by atoms with E-state index in [2.05, 4.69) is 20.8 Å². The minimum absolute atomic E-state index is 0. The summed E-state index contributed by atoms with van der Waals surface area (Å²) in [5, 5.41) is 4.99. The van der Waals surface area contributed by atoms with Crippen LogP contribution >= 0.6 is 0 Å². The van der Waals surface area contributed by atoms with Crippen molar-refractivity contribution in [3.8, 4) is 0 Å². The molecule has 0 aromatic heterocycles. The van der Waals surface area contributed by atoms with Gasteiger partial charge in [0.1, 0.15) is 0 Å². The Bertz CT molecular complexity index is 192. The van der Waals surface area contributed by atoms with Crippen molar-refractivity contribution in [3.05, 3.63) is 0 Å². The van der Waals surface area contributed by atoms with E-state index < -0.39 is 14.1 Å². The van der Waals surface area contributed by atoms with Crippen LogP contribution in [0.15, 0.2) is 0 Å². The van der Waals surface area contributed by atoms with E-state index in [0.29, 0.717) is 0 Å². The zero-order chi connectivity index (χ0) is 18.4. The van der Waals surface area contributed by atoms with E-state index in [4.69, 9.17) is 0 Å². The lowest BCUT2D eigenvalue weighted by molar-refractivity contribution is 0.610. The maximum atomic E-state index is 2.32. The van der Waals surface area contributed by atoms with Gasteiger partial charge in [-0.05, 0) is 0 Å². The fourth-order valence-corrected chi connectivity index (χ4v) is 7.54. The minimum atomic E-state index is -0.410. The average molecular weight is 397 g/mol. The van der Waals surface area contributed by atoms with Crippen molar-refractivity contribution >= 4 is 31.5 Å². The quantitative estimate of drug-likeness (QED) is 0.135. The summed E-state index contributed by atoms with van der Waals surface area (Å²) in [4.78, 5) is 0. The molecule has 0 fully saturated rings. The molecule has 0 unspecified atom stereocenters. The summed E-state index contributed by atoms with van der Waals surface area (Å²) in [5.41, 5.74) is 0. The van der Waals surface area contributed by atoms with Crippen LogP contribution in [0.3, 0.4) is 0 Å². The Morgan fingerprint density at radius 2 is 0.577 bits per heavy atom. The molecule has 0 saturated carbocycles. The van der Waals surface area contributed by atoms with Gasteiger partial charge < -0.3 is 0 Å². The van der Waals surface area contributed by atoms with E-state index in [0.717, 1.165) is 0 Å². The second-order valence-corrected chi connectivity index (χ2v) is 12.0. The van der Waals surface area contributed by atoms with Gasteiger partial charge in [0.25, 0.3) is 14.1 Å². The van der Waals surface area contributed by atoms with Crippen molar-refractivity contribution in [2.75, 3.05) is 0 Å². The van der Waals surface area contributed by atoms with Crippen molar-refractivity contribution < 1.29 is 0 Å². The topological polar surface area (TPSA) is 0 Å². The Labute approximate surface area is 183 Å². The third kappa shape index (κ3) is 23.1. The van der Waals surface area contributed by atoms with Gasteiger partial charge in [0, 0.05) is 0 Å². The molecule has 156 valence electrons. The lowest BCUT2D eigenvalue weighted by Gasteiger charge is -2.12. The summed E-state index contributed by atoms with van der Waals surface area (Å²) in [6.45, 7) is 6.97. The summed E-state index contributed by atoms with van der Waals surface area (Å²) >= 11 is -0.410. The van der Waals surface area contributed by atoms with Gasteiger partial charge in [0.15, 0.2) is 17.4 Å². The van der Waals surface area contributed by atoms with E-state index in [1.54, 1.807) is 35.1 Å². The van der Waals surface area contributed by atoms with Gasteiger partial charge in [-0.15, -0.1) is 0 Å². The molecule has 26 heavy (non-hydrogen) atoms. The zero-order valence-corrected chi connectivity index (χ0v) is 19.6. The Kier molecular flexibility index (Phi) is 29.3. The average Bonchev–Trinajstić information content (AvgIpc) is 2.63. The van der Waals surface area contributed by atoms with Gasteiger partial charge in [-0.1, -0.05) is 152 Å². The second kappa shape index (κ2) is 26.1. The van der Waals surface area contributed by atoms with Gasteiger partial charge in [0.2, 0.25) is 0 Å². The molecule has 0 radical (unpaired) electrons. The highest BCUT2D eigenvalue weighted by molar-refractivity contribution is 6.58. The van der Waals surface area contributed by atoms with Gasteiger partial charge in [-0.3, -0.25) is 0 Å². The summed E-state index contributed by atoms with van der Waals surface area (Å²) in [6, 6.07) is 0. The molecule has 0 aliphatic heterocycles. The van der Waals surface area contributed by atoms with Crippen LogP contribution in [0, 0.1) is 0 Å². The van der Waals surface area contributed by atoms with Crippen LogP contribution in [0.25, 0.3) is 0 Å². The van der Waals surface area contributed by atoms with Crippen molar-refractivity contribution in [2.45, 2.75) is 152 Å². The van der Waals surface area contributed by atoms with Crippen LogP contribution in [-0.4, -0.2) is 31.5 Å². The second-order valence-electron chi connectivity index (χ2n) is 8.54. The number of unbranched alkanes of at least 4 members (excludes halogenated alkanes) is 15. The fraction of sp³-hybridized carbons (Fsp3) is 1.00. The lowest BCUT2D eigenvalue weighted by Crippen LogP contribution is -2.12. The van der Waals surface area contributed by atoms with E-state index in [1.165, 1.54) is 96.3 Å². The van der Waals surface area contributed by atoms with Gasteiger partial charge in [-0.25, -0.2) is 0 Å². The fourth-order valence-electron chi connectivity index (χ4n) is 4.07. The third-order valence-corrected chi connectivity index (χ3v) is 9.57. The van der Waals surface area contributed by atoms with Crippen molar-refractivity contribution in [3.63, 3.8) is 0 Å². The standard InChI is InChI=1S/3C8H17.2Al.3H/c3*1-3-5-7-8-6-4-2;;;;;/h3*1,3-8H2,2H3;;;;;. The SMILES string of the molecule is CCCCCCC[CH2][Al]([CH2]CCCCCCC)[CH2]CCCCCCC.[AlH3]. The Morgan fingerprint density at radius 1 is 0.346 bits per heavy atom. The molecular weight excluding hydrogens is 342 g/mol. The van der Waals surface area contributed by atoms with E-state index in [-0.39, 0.29) is 17.4 Å². The van der Waals surface area contributed by atoms with Gasteiger partial charge >= 0.3 is 0 Å². The first-order chi connectivity index (χ1) is 12.3. The van der Waals surface area contributed by atoms with Gasteiger partial charge in [0.05, 0.1) is 0 Å². The largest absolute Gasteiger partial charge is 0.261 e. The summed E-state index contributed by atoms with van der Waals surface area (Å²) < 4.78 is 0. The molecule has 0 nitrogen and oxygen atoms in total. The molecule has 0 aliphatic carbocycles. The molecule has 0 aliphatic rings. The van der Waals surface area contributed by atoms with Crippen molar-refractivity contribution in [2.24, 2.45) is 0 Å². The molecule has 0 N–H and O–H groups in total. The van der Waals surface area contributed by atoms with Crippen molar-refractivity contribution in [1.82, 2.24) is 0 Å². The van der Waals surface area contributed by atoms with Crippen molar-refractivity contribution in [1.29, 1.82) is 0 Å². The molecule has 0 spiro atoms. The number of hydrogen-bond acceptors (Lipinski definition) is 0. The smallest absolute Gasteiger partial charge is 0.0939 e. The molecule has 0 bridgehead atoms. The van der Waals surface area contributed by atoms with Crippen LogP contribution in [0.4, 0.5) is 0 Å². The summed E-state index contributed by atoms with van der Waals surface area (Å²) in [6.07, 6.45) is 26.7. The zero-order valence-electron chi connectivity index (χ0n) is 18.4. The maximum Gasteiger partial charge on any atom is 0.261 e. The monoisotopic (exact) mass is 396 g/mol. The first-order valence-electron chi connectivity index (χ1n) is 12.3. The Balaban J connectivity index is 0. The molecule has 2 heteroatoms. The maximum absolute atomic E-state index is 2.32. The highest BCUT2D eigenvalue weighted by atomic mass is 27.2. The van der Waals surface area contributed by atoms with E-state index in [1.807, 2.05) is 0 Å². The number of rotatable bonds is 21. The normalized spacial score (nSPS) is 10.7. The molecule has 0 rings (SSSR count). The molecule has 0 heterocycles. The van der Waals surface area contributed by atoms with Crippen LogP contribution in [-0.2, 0) is 0 Å². The van der Waals surface area contributed by atoms with Crippen LogP contribution in [0.5, 0.6) is 0 Å². The van der Waals surface area contributed by atoms with Crippen LogP contribution in [0.2, 0.25) is 15.8 Å². The highest BCUT2D eigenvalue weighted by Gasteiger charge is 2.15. The van der Waals surface area contributed by atoms with E-state index >= 15 is 0 Å². The highest BCUT2D eigenvalue weighted by Crippen LogP contribution is 2.20. The Morgan fingerprint density at radius 3 is 0.846 bits per heavy atom. The molecule has 0 aromatic rings. The lowest BCUT2D eigenvalue weighted by atomic mass is 10.1. The first kappa shape index (κ1) is 29.3.